The Kier molecular flexibility index (Phi) is 8.73. The van der Waals surface area contributed by atoms with Gasteiger partial charge in [0.05, 0.1) is 12.0 Å². The molecule has 0 atom stereocenters. The van der Waals surface area contributed by atoms with Crippen molar-refractivity contribution in [2.75, 3.05) is 58.8 Å². The Morgan fingerprint density at radius 3 is 2.29 bits per heavy atom. The molecule has 2 aromatic rings. The molecule has 1 fully saturated rings. The number of benzene rings is 2. The van der Waals surface area contributed by atoms with Crippen LogP contribution in [0.4, 0.5) is 5.69 Å². The zero-order chi connectivity index (χ0) is 24.9. The summed E-state index contributed by atoms with van der Waals surface area (Å²) in [5.41, 5.74) is 3.61. The van der Waals surface area contributed by atoms with Gasteiger partial charge in [0, 0.05) is 58.3 Å². The largest absolute Gasteiger partial charge is 0.497 e. The van der Waals surface area contributed by atoms with E-state index in [1.165, 1.54) is 17.0 Å². The first-order valence-corrected chi connectivity index (χ1v) is 13.2. The molecule has 0 aromatic heterocycles. The number of nitrogens with zero attached hydrogens (tertiary/aromatic N) is 3. The Hall–Kier alpha value is -2.42. The highest BCUT2D eigenvalue weighted by molar-refractivity contribution is 7.89. The van der Waals surface area contributed by atoms with Gasteiger partial charge < -0.3 is 14.5 Å². The number of hydrogen-bond acceptors (Lipinski definition) is 6. The summed E-state index contributed by atoms with van der Waals surface area (Å²) >= 11 is 0. The molecule has 0 bridgehead atoms. The van der Waals surface area contributed by atoms with Gasteiger partial charge in [0.15, 0.2) is 0 Å². The molecular formula is C26H37N3O4S. The van der Waals surface area contributed by atoms with Crippen LogP contribution in [0.3, 0.4) is 0 Å². The first-order chi connectivity index (χ1) is 16.1. The molecule has 0 N–H and O–H groups in total. The number of hydrogen-bond donors (Lipinski definition) is 0. The summed E-state index contributed by atoms with van der Waals surface area (Å²) in [5.74, 6) is 0.693. The van der Waals surface area contributed by atoms with Crippen molar-refractivity contribution in [3.63, 3.8) is 0 Å². The van der Waals surface area contributed by atoms with Crippen LogP contribution in [-0.2, 0) is 21.2 Å². The van der Waals surface area contributed by atoms with Crippen molar-refractivity contribution in [3.8, 4) is 5.75 Å². The Bertz CT molecular complexity index is 1090. The third-order valence-corrected chi connectivity index (χ3v) is 8.68. The number of methoxy groups -OCH3 is 1. The van der Waals surface area contributed by atoms with E-state index >= 15 is 0 Å². The molecule has 186 valence electrons. The van der Waals surface area contributed by atoms with Crippen molar-refractivity contribution in [2.45, 2.75) is 38.0 Å². The second-order valence-electron chi connectivity index (χ2n) is 9.17. The van der Waals surface area contributed by atoms with Crippen LogP contribution in [-0.4, -0.2) is 77.3 Å². The lowest BCUT2D eigenvalue weighted by atomic mass is 10.0. The number of carbonyl (C=O) groups excluding carboxylic acids is 1. The predicted octanol–water partition coefficient (Wildman–Crippen LogP) is 3.28. The van der Waals surface area contributed by atoms with E-state index in [1.807, 2.05) is 6.07 Å². The topological polar surface area (TPSA) is 70.2 Å². The van der Waals surface area contributed by atoms with Crippen LogP contribution < -0.4 is 9.64 Å². The van der Waals surface area contributed by atoms with Gasteiger partial charge in [-0.2, -0.15) is 0 Å². The number of rotatable bonds is 10. The summed E-state index contributed by atoms with van der Waals surface area (Å²) in [7, 11) is 1.54. The van der Waals surface area contributed by atoms with Crippen LogP contribution in [0.15, 0.2) is 41.3 Å². The smallest absolute Gasteiger partial charge is 0.243 e. The number of ketones is 1. The third-order valence-electron chi connectivity index (χ3n) is 6.51. The fraction of sp³-hybridized carbons (Fsp3) is 0.500. The van der Waals surface area contributed by atoms with Gasteiger partial charge in [-0.15, -0.1) is 0 Å². The summed E-state index contributed by atoms with van der Waals surface area (Å²) in [4.78, 5) is 17.6. The van der Waals surface area contributed by atoms with E-state index < -0.39 is 10.0 Å². The molecule has 0 unspecified atom stereocenters. The van der Waals surface area contributed by atoms with E-state index in [1.54, 1.807) is 33.1 Å². The minimum Gasteiger partial charge on any atom is -0.497 e. The first kappa shape index (κ1) is 26.2. The van der Waals surface area contributed by atoms with Crippen molar-refractivity contribution in [1.82, 2.24) is 9.21 Å². The second kappa shape index (κ2) is 11.3. The van der Waals surface area contributed by atoms with Crippen LogP contribution in [0, 0.1) is 13.8 Å². The predicted molar refractivity (Wildman–Crippen MR) is 136 cm³/mol. The van der Waals surface area contributed by atoms with Crippen molar-refractivity contribution >= 4 is 21.5 Å². The fourth-order valence-electron chi connectivity index (χ4n) is 4.38. The number of sulfonamides is 1. The molecule has 0 saturated carbocycles. The average Bonchev–Trinajstić information content (AvgIpc) is 2.81. The second-order valence-corrected chi connectivity index (χ2v) is 11.1. The zero-order valence-corrected chi connectivity index (χ0v) is 21.8. The van der Waals surface area contributed by atoms with Crippen molar-refractivity contribution in [1.29, 1.82) is 0 Å². The first-order valence-electron chi connectivity index (χ1n) is 11.8. The number of carbonyl (C=O) groups is 1. The maximum absolute atomic E-state index is 13.1. The van der Waals surface area contributed by atoms with Crippen LogP contribution in [0.25, 0.3) is 0 Å². The Balaban J connectivity index is 1.55. The Morgan fingerprint density at radius 1 is 1.03 bits per heavy atom. The van der Waals surface area contributed by atoms with Gasteiger partial charge in [-0.05, 0) is 68.3 Å². The van der Waals surface area contributed by atoms with Crippen LogP contribution in [0.1, 0.15) is 29.5 Å². The standard InChI is InChI=1S/C26H37N3O4S/c1-20-17-25(33-5)18-21(2)26(20)34(31,32)28(4)12-11-24(30)10-9-22-7-6-8-23(19-22)29-15-13-27(3)14-16-29/h6-8,17-19H,9-16H2,1-5H3. The molecule has 3 rings (SSSR count). The molecular weight excluding hydrogens is 450 g/mol. The van der Waals surface area contributed by atoms with Crippen molar-refractivity contribution in [3.05, 3.63) is 53.1 Å². The van der Waals surface area contributed by atoms with E-state index in [0.29, 0.717) is 29.7 Å². The molecule has 1 saturated heterocycles. The normalized spacial score (nSPS) is 15.1. The summed E-state index contributed by atoms with van der Waals surface area (Å²) in [5, 5.41) is 0. The highest BCUT2D eigenvalue weighted by atomic mass is 32.2. The zero-order valence-electron chi connectivity index (χ0n) is 21.0. The quantitative estimate of drug-likeness (QED) is 0.512. The van der Waals surface area contributed by atoms with Crippen LogP contribution >= 0.6 is 0 Å². The highest BCUT2D eigenvalue weighted by Crippen LogP contribution is 2.28. The fourth-order valence-corrected chi connectivity index (χ4v) is 5.95. The van der Waals surface area contributed by atoms with E-state index in [2.05, 4.69) is 35.0 Å². The summed E-state index contributed by atoms with van der Waals surface area (Å²) < 4.78 is 32.8. The summed E-state index contributed by atoms with van der Waals surface area (Å²) in [6, 6.07) is 11.8. The highest BCUT2D eigenvalue weighted by Gasteiger charge is 2.26. The Morgan fingerprint density at radius 2 is 1.68 bits per heavy atom. The number of anilines is 1. The summed E-state index contributed by atoms with van der Waals surface area (Å²) in [6.45, 7) is 7.80. The van der Waals surface area contributed by atoms with Gasteiger partial charge in [0.1, 0.15) is 11.5 Å². The molecule has 34 heavy (non-hydrogen) atoms. The van der Waals surface area contributed by atoms with Gasteiger partial charge >= 0.3 is 0 Å². The van der Waals surface area contributed by atoms with Gasteiger partial charge in [-0.1, -0.05) is 12.1 Å². The van der Waals surface area contributed by atoms with Crippen LogP contribution in [0.5, 0.6) is 5.75 Å². The van der Waals surface area contributed by atoms with Gasteiger partial charge in [-0.25, -0.2) is 12.7 Å². The molecule has 1 aliphatic heterocycles. The van der Waals surface area contributed by atoms with Crippen molar-refractivity contribution in [2.24, 2.45) is 0 Å². The lowest BCUT2D eigenvalue weighted by Crippen LogP contribution is -2.44. The summed E-state index contributed by atoms with van der Waals surface area (Å²) in [6.07, 6.45) is 1.26. The molecule has 1 heterocycles. The van der Waals surface area contributed by atoms with Gasteiger partial charge in [-0.3, -0.25) is 4.79 Å². The average molecular weight is 488 g/mol. The minimum absolute atomic E-state index is 0.0650. The number of ether oxygens (including phenoxy) is 1. The van der Waals surface area contributed by atoms with Gasteiger partial charge in [0.2, 0.25) is 10.0 Å². The maximum atomic E-state index is 13.1. The van der Waals surface area contributed by atoms with E-state index in [9.17, 15) is 13.2 Å². The molecule has 2 aromatic carbocycles. The lowest BCUT2D eigenvalue weighted by molar-refractivity contribution is -0.119. The molecule has 7 nitrogen and oxygen atoms in total. The van der Waals surface area contributed by atoms with E-state index in [0.717, 1.165) is 31.7 Å². The van der Waals surface area contributed by atoms with Crippen molar-refractivity contribution < 1.29 is 17.9 Å². The van der Waals surface area contributed by atoms with E-state index in [-0.39, 0.29) is 23.6 Å². The number of aryl methyl sites for hydroxylation is 3. The van der Waals surface area contributed by atoms with Gasteiger partial charge in [0.25, 0.3) is 0 Å². The molecule has 0 aliphatic carbocycles. The molecule has 8 heteroatoms. The lowest BCUT2D eigenvalue weighted by Gasteiger charge is -2.34. The third kappa shape index (κ3) is 6.37. The molecule has 0 amide bonds. The number of Topliss-reactive ketones (excluding diaryl/α,β-unsaturated/α-hetero) is 1. The van der Waals surface area contributed by atoms with E-state index in [4.69, 9.17) is 4.74 Å². The van der Waals surface area contributed by atoms with Crippen LogP contribution in [0.2, 0.25) is 0 Å². The monoisotopic (exact) mass is 487 g/mol. The number of piperazine rings is 1. The Labute approximate surface area is 204 Å². The SMILES string of the molecule is COc1cc(C)c(S(=O)(=O)N(C)CCC(=O)CCc2cccc(N3CCN(C)CC3)c2)c(C)c1. The minimum atomic E-state index is -3.69. The molecule has 0 spiro atoms. The maximum Gasteiger partial charge on any atom is 0.243 e. The number of likely N-dealkylation sites (N-methyl/N-ethyl adjacent to an activating group) is 1. The molecule has 1 aliphatic rings. The molecule has 0 radical (unpaired) electrons.